The number of hydrogen-bond acceptors (Lipinski definition) is 3. The smallest absolute Gasteiger partial charge is 0.256 e. The Morgan fingerprint density at radius 3 is 2.63 bits per heavy atom. The summed E-state index contributed by atoms with van der Waals surface area (Å²) in [6.45, 7) is 3.97. The topological polar surface area (TPSA) is 52.9 Å². The number of rotatable bonds is 3. The molecular weight excluding hydrogens is 256 g/mol. The molecule has 0 saturated heterocycles. The molecule has 4 heteroatoms. The second-order valence-electron chi connectivity index (χ2n) is 4.14. The summed E-state index contributed by atoms with van der Waals surface area (Å²) in [6, 6.07) is 11.2. The lowest BCUT2D eigenvalue weighted by atomic mass is 10.1. The van der Waals surface area contributed by atoms with Crippen molar-refractivity contribution in [3.63, 3.8) is 0 Å². The molecule has 0 aliphatic rings. The molecule has 0 atom stereocenters. The van der Waals surface area contributed by atoms with Gasteiger partial charge in [-0.25, -0.2) is 0 Å². The summed E-state index contributed by atoms with van der Waals surface area (Å²) >= 11 is 1.48. The lowest BCUT2D eigenvalue weighted by Gasteiger charge is -2.02. The van der Waals surface area contributed by atoms with Gasteiger partial charge in [0.2, 0.25) is 0 Å². The van der Waals surface area contributed by atoms with Gasteiger partial charge in [-0.1, -0.05) is 25.1 Å². The van der Waals surface area contributed by atoms with Crippen LogP contribution in [0.4, 0.5) is 5.00 Å². The van der Waals surface area contributed by atoms with Gasteiger partial charge in [0.25, 0.3) is 5.91 Å². The predicted molar refractivity (Wildman–Crippen MR) is 77.5 cm³/mol. The highest BCUT2D eigenvalue weighted by Crippen LogP contribution is 2.32. The average molecular weight is 270 g/mol. The Kier molecular flexibility index (Phi) is 3.98. The molecule has 1 aromatic carbocycles. The Bertz CT molecular complexity index is 638. The molecule has 0 fully saturated rings. The van der Waals surface area contributed by atoms with E-state index in [9.17, 15) is 10.1 Å². The minimum Gasteiger partial charge on any atom is -0.312 e. The third-order valence-electron chi connectivity index (χ3n) is 2.94. The third kappa shape index (κ3) is 2.67. The first-order chi connectivity index (χ1) is 9.17. The van der Waals surface area contributed by atoms with Gasteiger partial charge in [0.15, 0.2) is 0 Å². The van der Waals surface area contributed by atoms with Crippen LogP contribution in [0.3, 0.4) is 0 Å². The average Bonchev–Trinajstić information content (AvgIpc) is 2.75. The van der Waals surface area contributed by atoms with E-state index in [1.54, 1.807) is 12.1 Å². The third-order valence-corrected chi connectivity index (χ3v) is 4.29. The molecule has 0 unspecified atom stereocenters. The highest BCUT2D eigenvalue weighted by atomic mass is 32.1. The van der Waals surface area contributed by atoms with Crippen molar-refractivity contribution in [1.29, 1.82) is 5.26 Å². The number of benzene rings is 1. The molecule has 0 aliphatic carbocycles. The van der Waals surface area contributed by atoms with E-state index in [1.807, 2.05) is 32.0 Å². The molecule has 0 aliphatic heterocycles. The molecule has 0 spiro atoms. The Hall–Kier alpha value is -2.12. The van der Waals surface area contributed by atoms with Crippen LogP contribution in [0.15, 0.2) is 30.3 Å². The van der Waals surface area contributed by atoms with Crippen LogP contribution in [0.5, 0.6) is 0 Å². The number of aryl methyl sites for hydroxylation is 1. The van der Waals surface area contributed by atoms with E-state index >= 15 is 0 Å². The predicted octanol–water partition coefficient (Wildman–Crippen LogP) is 3.74. The van der Waals surface area contributed by atoms with Crippen molar-refractivity contribution < 1.29 is 4.79 Å². The van der Waals surface area contributed by atoms with Gasteiger partial charge in [-0.15, -0.1) is 11.3 Å². The van der Waals surface area contributed by atoms with Crippen molar-refractivity contribution in [1.82, 2.24) is 0 Å². The molecule has 1 amide bonds. The number of amides is 1. The highest BCUT2D eigenvalue weighted by molar-refractivity contribution is 7.16. The molecule has 1 aromatic heterocycles. The number of carbonyl (C=O) groups excluding carboxylic acids is 1. The second kappa shape index (κ2) is 5.68. The fraction of sp³-hybridized carbons (Fsp3) is 0.200. The minimum atomic E-state index is -0.180. The second-order valence-corrected chi connectivity index (χ2v) is 5.25. The number of nitrogens with one attached hydrogen (secondary N) is 1. The number of nitriles is 1. The zero-order valence-electron chi connectivity index (χ0n) is 10.9. The van der Waals surface area contributed by atoms with Gasteiger partial charge < -0.3 is 5.32 Å². The summed E-state index contributed by atoms with van der Waals surface area (Å²) in [5.74, 6) is -0.180. The van der Waals surface area contributed by atoms with Crippen LogP contribution in [-0.4, -0.2) is 5.91 Å². The standard InChI is InChI=1S/C15H14N2OS/c1-3-13-10(2)12(9-16)15(19-13)17-14(18)11-7-5-4-6-8-11/h4-8H,3H2,1-2H3,(H,17,18). The van der Waals surface area contributed by atoms with E-state index in [1.165, 1.54) is 11.3 Å². The van der Waals surface area contributed by atoms with Crippen molar-refractivity contribution in [3.05, 3.63) is 51.9 Å². The summed E-state index contributed by atoms with van der Waals surface area (Å²) in [7, 11) is 0. The van der Waals surface area contributed by atoms with Crippen LogP contribution in [0.1, 0.15) is 33.3 Å². The van der Waals surface area contributed by atoms with Crippen LogP contribution in [0, 0.1) is 18.3 Å². The lowest BCUT2D eigenvalue weighted by molar-refractivity contribution is 0.102. The van der Waals surface area contributed by atoms with Crippen molar-refractivity contribution in [2.24, 2.45) is 0 Å². The van der Waals surface area contributed by atoms with Gasteiger partial charge in [-0.05, 0) is 31.0 Å². The summed E-state index contributed by atoms with van der Waals surface area (Å²) in [6.07, 6.45) is 0.867. The van der Waals surface area contributed by atoms with Crippen LogP contribution in [-0.2, 0) is 6.42 Å². The van der Waals surface area contributed by atoms with E-state index in [-0.39, 0.29) is 5.91 Å². The Labute approximate surface area is 116 Å². The number of nitrogens with zero attached hydrogens (tertiary/aromatic N) is 1. The van der Waals surface area contributed by atoms with E-state index in [4.69, 9.17) is 0 Å². The first kappa shape index (κ1) is 13.3. The minimum absolute atomic E-state index is 0.180. The molecule has 0 bridgehead atoms. The zero-order valence-corrected chi connectivity index (χ0v) is 11.7. The summed E-state index contributed by atoms with van der Waals surface area (Å²) in [5.41, 5.74) is 2.14. The molecule has 19 heavy (non-hydrogen) atoms. The maximum atomic E-state index is 12.1. The number of anilines is 1. The maximum absolute atomic E-state index is 12.1. The first-order valence-electron chi connectivity index (χ1n) is 6.06. The van der Waals surface area contributed by atoms with E-state index in [0.717, 1.165) is 16.9 Å². The zero-order chi connectivity index (χ0) is 13.8. The molecule has 3 nitrogen and oxygen atoms in total. The molecule has 1 heterocycles. The van der Waals surface area contributed by atoms with Crippen molar-refractivity contribution in [2.75, 3.05) is 5.32 Å². The van der Waals surface area contributed by atoms with Gasteiger partial charge in [-0.2, -0.15) is 5.26 Å². The molecule has 0 radical (unpaired) electrons. The maximum Gasteiger partial charge on any atom is 0.256 e. The molecule has 0 saturated carbocycles. The number of hydrogen-bond donors (Lipinski definition) is 1. The Morgan fingerprint density at radius 2 is 2.05 bits per heavy atom. The monoisotopic (exact) mass is 270 g/mol. The van der Waals surface area contributed by atoms with Gasteiger partial charge in [0, 0.05) is 10.4 Å². The normalized spacial score (nSPS) is 9.95. The first-order valence-corrected chi connectivity index (χ1v) is 6.87. The van der Waals surface area contributed by atoms with Crippen molar-refractivity contribution in [2.45, 2.75) is 20.3 Å². The Balaban J connectivity index is 2.30. The fourth-order valence-corrected chi connectivity index (χ4v) is 2.98. The fourth-order valence-electron chi connectivity index (χ4n) is 1.89. The van der Waals surface area contributed by atoms with E-state index in [2.05, 4.69) is 11.4 Å². The van der Waals surface area contributed by atoms with Crippen LogP contribution < -0.4 is 5.32 Å². The van der Waals surface area contributed by atoms with Crippen molar-refractivity contribution in [3.8, 4) is 6.07 Å². The SMILES string of the molecule is CCc1sc(NC(=O)c2ccccc2)c(C#N)c1C. The molecule has 1 N–H and O–H groups in total. The van der Waals surface area contributed by atoms with Gasteiger partial charge in [-0.3, -0.25) is 4.79 Å². The number of carbonyl (C=O) groups is 1. The summed E-state index contributed by atoms with van der Waals surface area (Å²) < 4.78 is 0. The molecule has 2 aromatic rings. The van der Waals surface area contributed by atoms with E-state index in [0.29, 0.717) is 16.1 Å². The van der Waals surface area contributed by atoms with E-state index < -0.39 is 0 Å². The summed E-state index contributed by atoms with van der Waals surface area (Å²) in [5, 5.41) is 12.7. The summed E-state index contributed by atoms with van der Waals surface area (Å²) in [4.78, 5) is 13.2. The highest BCUT2D eigenvalue weighted by Gasteiger charge is 2.16. The largest absolute Gasteiger partial charge is 0.312 e. The van der Waals surface area contributed by atoms with Gasteiger partial charge >= 0.3 is 0 Å². The van der Waals surface area contributed by atoms with Crippen molar-refractivity contribution >= 4 is 22.2 Å². The van der Waals surface area contributed by atoms with Crippen LogP contribution >= 0.6 is 11.3 Å². The number of thiophene rings is 1. The van der Waals surface area contributed by atoms with Crippen LogP contribution in [0.2, 0.25) is 0 Å². The quantitative estimate of drug-likeness (QED) is 0.923. The molecule has 96 valence electrons. The lowest BCUT2D eigenvalue weighted by Crippen LogP contribution is -2.11. The molecule has 2 rings (SSSR count). The Morgan fingerprint density at radius 1 is 1.37 bits per heavy atom. The van der Waals surface area contributed by atoms with Crippen LogP contribution in [0.25, 0.3) is 0 Å². The van der Waals surface area contributed by atoms with Gasteiger partial charge in [0.05, 0.1) is 5.56 Å². The molecular formula is C15H14N2OS. The van der Waals surface area contributed by atoms with Gasteiger partial charge in [0.1, 0.15) is 11.1 Å².